The zero-order chi connectivity index (χ0) is 12.3. The van der Waals surface area contributed by atoms with Crippen molar-refractivity contribution in [2.75, 3.05) is 5.75 Å². The molecule has 1 heterocycles. The van der Waals surface area contributed by atoms with Crippen LogP contribution in [0.15, 0.2) is 42.3 Å². The van der Waals surface area contributed by atoms with Gasteiger partial charge in [0.25, 0.3) is 0 Å². The van der Waals surface area contributed by atoms with Gasteiger partial charge in [0, 0.05) is 10.8 Å². The van der Waals surface area contributed by atoms with Crippen LogP contribution < -0.4 is 0 Å². The van der Waals surface area contributed by atoms with E-state index in [1.807, 2.05) is 35.8 Å². The first-order chi connectivity index (χ1) is 8.22. The van der Waals surface area contributed by atoms with Gasteiger partial charge in [-0.1, -0.05) is 35.5 Å². The summed E-state index contributed by atoms with van der Waals surface area (Å²) in [5.41, 5.74) is 2.03. The second-order valence-corrected chi connectivity index (χ2v) is 4.91. The van der Waals surface area contributed by atoms with Crippen LogP contribution in [0, 0.1) is 6.92 Å². The molecule has 0 spiro atoms. The van der Waals surface area contributed by atoms with Crippen LogP contribution in [-0.4, -0.2) is 20.5 Å². The summed E-state index contributed by atoms with van der Waals surface area (Å²) in [6, 6.07) is 5.90. The molecular weight excluding hydrogens is 254 g/mol. The van der Waals surface area contributed by atoms with Gasteiger partial charge >= 0.3 is 0 Å². The Kier molecular flexibility index (Phi) is 3.86. The lowest BCUT2D eigenvalue weighted by molar-refractivity contribution is 0.885. The van der Waals surface area contributed by atoms with Gasteiger partial charge in [0.05, 0.1) is 5.69 Å². The Morgan fingerprint density at radius 3 is 3.06 bits per heavy atom. The first kappa shape index (κ1) is 12.2. The van der Waals surface area contributed by atoms with Gasteiger partial charge in [-0.15, -0.1) is 16.8 Å². The average Bonchev–Trinajstić information content (AvgIpc) is 2.78. The molecule has 2 rings (SSSR count). The molecule has 0 saturated carbocycles. The predicted octanol–water partition coefficient (Wildman–Crippen LogP) is 3.51. The minimum Gasteiger partial charge on any atom is -0.277 e. The van der Waals surface area contributed by atoms with E-state index in [1.165, 1.54) is 0 Å². The number of halogens is 1. The maximum atomic E-state index is 6.11. The van der Waals surface area contributed by atoms with Crippen molar-refractivity contribution in [1.29, 1.82) is 0 Å². The molecule has 0 amide bonds. The predicted molar refractivity (Wildman–Crippen MR) is 72.0 cm³/mol. The molecule has 0 atom stereocenters. The SMILES string of the molecule is C=CCSc1nncn1-c1ccc(C)c(Cl)c1. The maximum Gasteiger partial charge on any atom is 0.195 e. The number of thioether (sulfide) groups is 1. The molecule has 5 heteroatoms. The fourth-order valence-corrected chi connectivity index (χ4v) is 2.20. The lowest BCUT2D eigenvalue weighted by Gasteiger charge is -2.07. The number of benzene rings is 1. The Morgan fingerprint density at radius 2 is 2.35 bits per heavy atom. The molecule has 3 nitrogen and oxygen atoms in total. The Hall–Kier alpha value is -1.26. The number of aromatic nitrogens is 3. The molecule has 88 valence electrons. The molecule has 0 saturated heterocycles. The summed E-state index contributed by atoms with van der Waals surface area (Å²) < 4.78 is 1.92. The highest BCUT2D eigenvalue weighted by atomic mass is 35.5. The molecule has 0 N–H and O–H groups in total. The third-order valence-electron chi connectivity index (χ3n) is 2.28. The Morgan fingerprint density at radius 1 is 1.53 bits per heavy atom. The van der Waals surface area contributed by atoms with E-state index in [2.05, 4.69) is 16.8 Å². The van der Waals surface area contributed by atoms with E-state index >= 15 is 0 Å². The monoisotopic (exact) mass is 265 g/mol. The van der Waals surface area contributed by atoms with E-state index < -0.39 is 0 Å². The van der Waals surface area contributed by atoms with Crippen molar-refractivity contribution < 1.29 is 0 Å². The Labute approximate surface area is 110 Å². The fourth-order valence-electron chi connectivity index (χ4n) is 1.37. The number of hydrogen-bond donors (Lipinski definition) is 0. The number of aryl methyl sites for hydroxylation is 1. The lowest BCUT2D eigenvalue weighted by Crippen LogP contribution is -1.95. The van der Waals surface area contributed by atoms with Gasteiger partial charge in [-0.25, -0.2) is 0 Å². The minimum absolute atomic E-state index is 0.746. The summed E-state index contributed by atoms with van der Waals surface area (Å²) in [5.74, 6) is 0.804. The zero-order valence-corrected chi connectivity index (χ0v) is 11.0. The van der Waals surface area contributed by atoms with Crippen LogP contribution in [0.4, 0.5) is 0 Å². The largest absolute Gasteiger partial charge is 0.277 e. The van der Waals surface area contributed by atoms with Gasteiger partial charge in [0.2, 0.25) is 0 Å². The second kappa shape index (κ2) is 5.38. The molecule has 17 heavy (non-hydrogen) atoms. The summed E-state index contributed by atoms with van der Waals surface area (Å²) >= 11 is 7.70. The maximum absolute atomic E-state index is 6.11. The molecule has 1 aromatic heterocycles. The Balaban J connectivity index is 2.35. The molecule has 2 aromatic rings. The van der Waals surface area contributed by atoms with E-state index in [1.54, 1.807) is 18.1 Å². The number of nitrogens with zero attached hydrogens (tertiary/aromatic N) is 3. The molecular formula is C12H12ClN3S. The van der Waals surface area contributed by atoms with Crippen molar-refractivity contribution in [2.24, 2.45) is 0 Å². The summed E-state index contributed by atoms with van der Waals surface area (Å²) in [5, 5.41) is 9.57. The van der Waals surface area contributed by atoms with E-state index in [0.29, 0.717) is 0 Å². The van der Waals surface area contributed by atoms with Crippen molar-refractivity contribution in [1.82, 2.24) is 14.8 Å². The standard InChI is InChI=1S/C12H12ClN3S/c1-3-6-17-12-15-14-8-16(12)10-5-4-9(2)11(13)7-10/h3-5,7-8H,1,6H2,2H3. The molecule has 0 radical (unpaired) electrons. The van der Waals surface area contributed by atoms with E-state index in [4.69, 9.17) is 11.6 Å². The molecule has 0 bridgehead atoms. The second-order valence-electron chi connectivity index (χ2n) is 3.52. The molecule has 0 aliphatic heterocycles. The molecule has 0 aliphatic carbocycles. The van der Waals surface area contributed by atoms with Crippen LogP contribution in [0.25, 0.3) is 5.69 Å². The highest BCUT2D eigenvalue weighted by Gasteiger charge is 2.07. The van der Waals surface area contributed by atoms with Crippen LogP contribution in [0.1, 0.15) is 5.56 Å². The van der Waals surface area contributed by atoms with Gasteiger partial charge in [-0.05, 0) is 24.6 Å². The van der Waals surface area contributed by atoms with Gasteiger partial charge in [0.15, 0.2) is 5.16 Å². The van der Waals surface area contributed by atoms with E-state index in [-0.39, 0.29) is 0 Å². The van der Waals surface area contributed by atoms with Crippen LogP contribution in [0.3, 0.4) is 0 Å². The van der Waals surface area contributed by atoms with Crippen LogP contribution in [0.5, 0.6) is 0 Å². The van der Waals surface area contributed by atoms with Gasteiger partial charge in [0.1, 0.15) is 6.33 Å². The highest BCUT2D eigenvalue weighted by molar-refractivity contribution is 7.99. The number of rotatable bonds is 4. The van der Waals surface area contributed by atoms with E-state index in [0.717, 1.165) is 27.2 Å². The summed E-state index contributed by atoms with van der Waals surface area (Å²) in [7, 11) is 0. The van der Waals surface area contributed by atoms with Crippen LogP contribution >= 0.6 is 23.4 Å². The van der Waals surface area contributed by atoms with E-state index in [9.17, 15) is 0 Å². The van der Waals surface area contributed by atoms with Crippen LogP contribution in [-0.2, 0) is 0 Å². The first-order valence-corrected chi connectivity index (χ1v) is 6.49. The van der Waals surface area contributed by atoms with Crippen molar-refractivity contribution >= 4 is 23.4 Å². The minimum atomic E-state index is 0.746. The molecule has 0 unspecified atom stereocenters. The lowest BCUT2D eigenvalue weighted by atomic mass is 10.2. The first-order valence-electron chi connectivity index (χ1n) is 5.12. The smallest absolute Gasteiger partial charge is 0.195 e. The molecule has 0 aliphatic rings. The van der Waals surface area contributed by atoms with Crippen molar-refractivity contribution in [3.05, 3.63) is 47.8 Å². The zero-order valence-electron chi connectivity index (χ0n) is 9.43. The molecule has 0 fully saturated rings. The van der Waals surface area contributed by atoms with Crippen LogP contribution in [0.2, 0.25) is 5.02 Å². The normalized spacial score (nSPS) is 10.5. The van der Waals surface area contributed by atoms with Crippen molar-refractivity contribution in [3.8, 4) is 5.69 Å². The fraction of sp³-hybridized carbons (Fsp3) is 0.167. The van der Waals surface area contributed by atoms with Crippen molar-refractivity contribution in [2.45, 2.75) is 12.1 Å². The summed E-state index contributed by atoms with van der Waals surface area (Å²) in [6.45, 7) is 5.67. The topological polar surface area (TPSA) is 30.7 Å². The molecule has 1 aromatic carbocycles. The third kappa shape index (κ3) is 2.70. The van der Waals surface area contributed by atoms with Gasteiger partial charge in [-0.3, -0.25) is 4.57 Å². The summed E-state index contributed by atoms with van der Waals surface area (Å²) in [4.78, 5) is 0. The number of hydrogen-bond acceptors (Lipinski definition) is 3. The summed E-state index contributed by atoms with van der Waals surface area (Å²) in [6.07, 6.45) is 3.53. The Bertz CT molecular complexity index is 536. The van der Waals surface area contributed by atoms with Gasteiger partial charge in [-0.2, -0.15) is 0 Å². The third-order valence-corrected chi connectivity index (χ3v) is 3.63. The van der Waals surface area contributed by atoms with Gasteiger partial charge < -0.3 is 0 Å². The highest BCUT2D eigenvalue weighted by Crippen LogP contribution is 2.23. The van der Waals surface area contributed by atoms with Crippen molar-refractivity contribution in [3.63, 3.8) is 0 Å². The average molecular weight is 266 g/mol. The quantitative estimate of drug-likeness (QED) is 0.626.